The van der Waals surface area contributed by atoms with Crippen LogP contribution in [0.2, 0.25) is 0 Å². The summed E-state index contributed by atoms with van der Waals surface area (Å²) >= 11 is 0. The number of piperidine rings is 2. The Bertz CT molecular complexity index is 539. The van der Waals surface area contributed by atoms with Crippen molar-refractivity contribution in [3.63, 3.8) is 0 Å². The van der Waals surface area contributed by atoms with E-state index in [0.717, 1.165) is 51.3 Å². The van der Waals surface area contributed by atoms with Crippen molar-refractivity contribution in [2.45, 2.75) is 51.6 Å². The first-order chi connectivity index (χ1) is 11.8. The smallest absolute Gasteiger partial charge is 0.211 e. The highest BCUT2D eigenvalue weighted by atomic mass is 127. The summed E-state index contributed by atoms with van der Waals surface area (Å²) in [6.07, 6.45) is 5.40. The third kappa shape index (κ3) is 7.47. The van der Waals surface area contributed by atoms with E-state index >= 15 is 0 Å². The van der Waals surface area contributed by atoms with E-state index in [0.29, 0.717) is 31.1 Å². The molecule has 0 aromatic rings. The third-order valence-electron chi connectivity index (χ3n) is 5.42. The van der Waals surface area contributed by atoms with Crippen molar-refractivity contribution in [1.82, 2.24) is 19.8 Å². The standard InChI is InChI=1S/C17H35N5O2S.HI/c1-14(2)21-9-7-16(8-10-21)20-17(18-3)19-13-15-5-11-22(12-6-15)25(4,23)24;/h14-16H,5-13H2,1-4H3,(H2,18,19,20);1H. The predicted octanol–water partition coefficient (Wildman–Crippen LogP) is 1.31. The van der Waals surface area contributed by atoms with Crippen LogP contribution in [-0.2, 0) is 10.0 Å². The first-order valence-electron chi connectivity index (χ1n) is 9.46. The molecule has 0 bridgehead atoms. The highest BCUT2D eigenvalue weighted by Gasteiger charge is 2.25. The molecular formula is C17H36IN5O2S. The van der Waals surface area contributed by atoms with Crippen molar-refractivity contribution in [1.29, 1.82) is 0 Å². The van der Waals surface area contributed by atoms with Crippen LogP contribution in [0.3, 0.4) is 0 Å². The summed E-state index contributed by atoms with van der Waals surface area (Å²) < 4.78 is 24.7. The first kappa shape index (κ1) is 23.9. The van der Waals surface area contributed by atoms with Crippen molar-refractivity contribution < 1.29 is 8.42 Å². The molecule has 2 aliphatic heterocycles. The molecule has 0 radical (unpaired) electrons. The summed E-state index contributed by atoms with van der Waals surface area (Å²) in [5.41, 5.74) is 0. The van der Waals surface area contributed by atoms with E-state index in [-0.39, 0.29) is 24.0 Å². The van der Waals surface area contributed by atoms with Crippen LogP contribution >= 0.6 is 24.0 Å². The van der Waals surface area contributed by atoms with E-state index < -0.39 is 10.0 Å². The van der Waals surface area contributed by atoms with Crippen LogP contribution in [0.5, 0.6) is 0 Å². The largest absolute Gasteiger partial charge is 0.356 e. The predicted molar refractivity (Wildman–Crippen MR) is 119 cm³/mol. The maximum absolute atomic E-state index is 11.6. The van der Waals surface area contributed by atoms with Gasteiger partial charge in [-0.05, 0) is 45.4 Å². The van der Waals surface area contributed by atoms with Gasteiger partial charge < -0.3 is 15.5 Å². The van der Waals surface area contributed by atoms with E-state index in [4.69, 9.17) is 0 Å². The molecule has 0 saturated carbocycles. The molecule has 2 heterocycles. The third-order valence-corrected chi connectivity index (χ3v) is 6.73. The van der Waals surface area contributed by atoms with Gasteiger partial charge in [-0.2, -0.15) is 0 Å². The molecule has 0 aromatic carbocycles. The van der Waals surface area contributed by atoms with Crippen LogP contribution in [0.4, 0.5) is 0 Å². The minimum atomic E-state index is -3.04. The Balaban J connectivity index is 0.00000338. The molecule has 2 rings (SSSR count). The van der Waals surface area contributed by atoms with Crippen molar-refractivity contribution in [2.24, 2.45) is 10.9 Å². The Kier molecular flexibility index (Phi) is 10.1. The zero-order valence-electron chi connectivity index (χ0n) is 16.6. The SMILES string of the molecule is CN=C(NCC1CCN(S(C)(=O)=O)CC1)NC1CCN(C(C)C)CC1.I. The number of guanidine groups is 1. The molecule has 2 aliphatic rings. The lowest BCUT2D eigenvalue weighted by molar-refractivity contribution is 0.167. The van der Waals surface area contributed by atoms with Crippen molar-refractivity contribution in [3.8, 4) is 0 Å². The Hall–Kier alpha value is -0.130. The number of halogens is 1. The van der Waals surface area contributed by atoms with Crippen LogP contribution in [0, 0.1) is 5.92 Å². The molecule has 26 heavy (non-hydrogen) atoms. The van der Waals surface area contributed by atoms with Gasteiger partial charge in [-0.25, -0.2) is 12.7 Å². The molecule has 2 saturated heterocycles. The number of aliphatic imine (C=N–C) groups is 1. The van der Waals surface area contributed by atoms with Crippen LogP contribution in [-0.4, -0.2) is 81.7 Å². The summed E-state index contributed by atoms with van der Waals surface area (Å²) in [5.74, 6) is 1.37. The number of sulfonamides is 1. The van der Waals surface area contributed by atoms with Crippen LogP contribution in [0.15, 0.2) is 4.99 Å². The molecule has 0 unspecified atom stereocenters. The minimum Gasteiger partial charge on any atom is -0.356 e. The van der Waals surface area contributed by atoms with Crippen molar-refractivity contribution >= 4 is 40.0 Å². The lowest BCUT2D eigenvalue weighted by Gasteiger charge is -2.35. The molecule has 0 atom stereocenters. The molecule has 154 valence electrons. The average molecular weight is 501 g/mol. The molecule has 9 heteroatoms. The monoisotopic (exact) mass is 501 g/mol. The fourth-order valence-corrected chi connectivity index (χ4v) is 4.51. The summed E-state index contributed by atoms with van der Waals surface area (Å²) in [5, 5.41) is 6.97. The van der Waals surface area contributed by atoms with Gasteiger partial charge in [0.25, 0.3) is 0 Å². The van der Waals surface area contributed by atoms with Crippen LogP contribution in [0.1, 0.15) is 39.5 Å². The van der Waals surface area contributed by atoms with Gasteiger partial charge in [-0.1, -0.05) is 0 Å². The Morgan fingerprint density at radius 2 is 1.69 bits per heavy atom. The second kappa shape index (κ2) is 11.0. The number of rotatable bonds is 5. The molecule has 0 spiro atoms. The van der Waals surface area contributed by atoms with Gasteiger partial charge in [0.1, 0.15) is 0 Å². The normalized spacial score (nSPS) is 22.3. The number of nitrogens with one attached hydrogen (secondary N) is 2. The van der Waals surface area contributed by atoms with Gasteiger partial charge in [0.15, 0.2) is 5.96 Å². The number of likely N-dealkylation sites (tertiary alicyclic amines) is 1. The summed E-state index contributed by atoms with van der Waals surface area (Å²) in [6.45, 7) is 8.89. The molecule has 2 N–H and O–H groups in total. The highest BCUT2D eigenvalue weighted by Crippen LogP contribution is 2.18. The number of hydrogen-bond acceptors (Lipinski definition) is 4. The maximum atomic E-state index is 11.6. The van der Waals surface area contributed by atoms with E-state index in [1.165, 1.54) is 6.26 Å². The Labute approximate surface area is 176 Å². The second-order valence-corrected chi connectivity index (χ2v) is 9.59. The number of nitrogens with zero attached hydrogens (tertiary/aromatic N) is 3. The first-order valence-corrected chi connectivity index (χ1v) is 11.3. The Morgan fingerprint density at radius 3 is 2.15 bits per heavy atom. The molecule has 7 nitrogen and oxygen atoms in total. The summed E-state index contributed by atoms with van der Waals surface area (Å²) in [6, 6.07) is 1.10. The zero-order valence-corrected chi connectivity index (χ0v) is 19.7. The number of hydrogen-bond donors (Lipinski definition) is 2. The van der Waals surface area contributed by atoms with Gasteiger partial charge in [-0.3, -0.25) is 4.99 Å². The summed E-state index contributed by atoms with van der Waals surface area (Å²) in [7, 11) is -1.23. The lowest BCUT2D eigenvalue weighted by atomic mass is 9.98. The van der Waals surface area contributed by atoms with Gasteiger partial charge in [0, 0.05) is 51.9 Å². The molecule has 0 aliphatic carbocycles. The quantitative estimate of drug-likeness (QED) is 0.338. The van der Waals surface area contributed by atoms with Gasteiger partial charge in [0.2, 0.25) is 10.0 Å². The molecule has 2 fully saturated rings. The van der Waals surface area contributed by atoms with Gasteiger partial charge in [-0.15, -0.1) is 24.0 Å². The second-order valence-electron chi connectivity index (χ2n) is 7.61. The topological polar surface area (TPSA) is 77.0 Å². The molecule has 0 amide bonds. The average Bonchev–Trinajstić information content (AvgIpc) is 2.58. The van der Waals surface area contributed by atoms with E-state index in [1.54, 1.807) is 4.31 Å². The summed E-state index contributed by atoms with van der Waals surface area (Å²) in [4.78, 5) is 6.87. The molecule has 0 aromatic heterocycles. The fourth-order valence-electron chi connectivity index (χ4n) is 3.63. The zero-order chi connectivity index (χ0) is 18.4. The van der Waals surface area contributed by atoms with E-state index in [2.05, 4.69) is 34.4 Å². The van der Waals surface area contributed by atoms with Crippen molar-refractivity contribution in [2.75, 3.05) is 46.0 Å². The van der Waals surface area contributed by atoms with Crippen molar-refractivity contribution in [3.05, 3.63) is 0 Å². The maximum Gasteiger partial charge on any atom is 0.211 e. The molecular weight excluding hydrogens is 465 g/mol. The van der Waals surface area contributed by atoms with Crippen LogP contribution < -0.4 is 10.6 Å². The Morgan fingerprint density at radius 1 is 1.12 bits per heavy atom. The van der Waals surface area contributed by atoms with Crippen LogP contribution in [0.25, 0.3) is 0 Å². The van der Waals surface area contributed by atoms with Gasteiger partial charge >= 0.3 is 0 Å². The minimum absolute atomic E-state index is 0. The highest BCUT2D eigenvalue weighted by molar-refractivity contribution is 14.0. The fraction of sp³-hybridized carbons (Fsp3) is 0.941. The van der Waals surface area contributed by atoms with Gasteiger partial charge in [0.05, 0.1) is 6.26 Å². The van der Waals surface area contributed by atoms with E-state index in [9.17, 15) is 8.42 Å². The lowest BCUT2D eigenvalue weighted by Crippen LogP contribution is -2.50. The van der Waals surface area contributed by atoms with E-state index in [1.807, 2.05) is 7.05 Å².